The third-order valence-electron chi connectivity index (χ3n) is 1.44. The molecule has 0 bridgehead atoms. The zero-order valence-corrected chi connectivity index (χ0v) is 7.50. The van der Waals surface area contributed by atoms with Gasteiger partial charge in [-0.3, -0.25) is 4.79 Å². The van der Waals surface area contributed by atoms with Crippen molar-refractivity contribution in [3.05, 3.63) is 22.2 Å². The highest BCUT2D eigenvalue weighted by Crippen LogP contribution is 2.06. The lowest BCUT2D eigenvalue weighted by Crippen LogP contribution is -2.16. The average molecular weight is 168 g/mol. The van der Waals surface area contributed by atoms with Gasteiger partial charge in [-0.25, -0.2) is 0 Å². The maximum atomic E-state index is 11.0. The van der Waals surface area contributed by atoms with Crippen molar-refractivity contribution in [2.75, 3.05) is 19.0 Å². The Kier molecular flexibility index (Phi) is 2.47. The fraction of sp³-hybridized carbons (Fsp3) is 0.500. The SMILES string of the molecule is CCc1cc(=O)nc(N(C)C)o1. The zero-order chi connectivity index (χ0) is 9.14. The molecular formula is C8H12N2O2. The molecule has 12 heavy (non-hydrogen) atoms. The molecule has 0 atom stereocenters. The number of aromatic nitrogens is 1. The van der Waals surface area contributed by atoms with E-state index in [-0.39, 0.29) is 5.56 Å². The first-order valence-corrected chi connectivity index (χ1v) is 3.82. The largest absolute Gasteiger partial charge is 0.430 e. The minimum atomic E-state index is -0.248. The molecule has 1 rings (SSSR count). The van der Waals surface area contributed by atoms with Crippen molar-refractivity contribution in [1.29, 1.82) is 0 Å². The van der Waals surface area contributed by atoms with E-state index in [1.807, 2.05) is 6.92 Å². The van der Waals surface area contributed by atoms with Gasteiger partial charge in [-0.2, -0.15) is 4.98 Å². The minimum absolute atomic E-state index is 0.248. The van der Waals surface area contributed by atoms with Crippen molar-refractivity contribution >= 4 is 6.01 Å². The van der Waals surface area contributed by atoms with Gasteiger partial charge in [-0.05, 0) is 0 Å². The Bertz CT molecular complexity index is 317. The van der Waals surface area contributed by atoms with Gasteiger partial charge in [-0.1, -0.05) is 6.92 Å². The molecule has 1 aromatic rings. The molecule has 1 aromatic heterocycles. The smallest absolute Gasteiger partial charge is 0.300 e. The molecule has 0 saturated carbocycles. The van der Waals surface area contributed by atoms with Gasteiger partial charge in [-0.15, -0.1) is 0 Å². The van der Waals surface area contributed by atoms with Crippen LogP contribution in [-0.4, -0.2) is 19.1 Å². The lowest BCUT2D eigenvalue weighted by Gasteiger charge is -2.08. The van der Waals surface area contributed by atoms with Crippen LogP contribution in [0.2, 0.25) is 0 Å². The second kappa shape index (κ2) is 3.38. The standard InChI is InChI=1S/C8H12N2O2/c1-4-6-5-7(11)9-8(12-6)10(2)3/h5H,4H2,1-3H3. The number of hydrogen-bond acceptors (Lipinski definition) is 4. The molecule has 0 spiro atoms. The van der Waals surface area contributed by atoms with Gasteiger partial charge in [0.2, 0.25) is 0 Å². The first kappa shape index (κ1) is 8.77. The van der Waals surface area contributed by atoms with E-state index in [9.17, 15) is 4.79 Å². The topological polar surface area (TPSA) is 46.3 Å². The van der Waals surface area contributed by atoms with E-state index in [0.29, 0.717) is 18.2 Å². The predicted molar refractivity (Wildman–Crippen MR) is 46.5 cm³/mol. The molecule has 4 heteroatoms. The highest BCUT2D eigenvalue weighted by Gasteiger charge is 2.03. The van der Waals surface area contributed by atoms with Crippen LogP contribution in [0.25, 0.3) is 0 Å². The zero-order valence-electron chi connectivity index (χ0n) is 7.50. The summed E-state index contributed by atoms with van der Waals surface area (Å²) in [6.07, 6.45) is 0.707. The number of nitrogens with zero attached hydrogens (tertiary/aromatic N) is 2. The second-order valence-corrected chi connectivity index (χ2v) is 2.69. The maximum Gasteiger partial charge on any atom is 0.300 e. The molecule has 4 nitrogen and oxygen atoms in total. The molecule has 0 aliphatic carbocycles. The van der Waals surface area contributed by atoms with E-state index < -0.39 is 0 Å². The van der Waals surface area contributed by atoms with Crippen molar-refractivity contribution in [1.82, 2.24) is 4.98 Å². The number of aryl methyl sites for hydroxylation is 1. The normalized spacial score (nSPS) is 9.92. The minimum Gasteiger partial charge on any atom is -0.430 e. The van der Waals surface area contributed by atoms with Crippen molar-refractivity contribution in [3.8, 4) is 0 Å². The fourth-order valence-electron chi connectivity index (χ4n) is 0.799. The summed E-state index contributed by atoms with van der Waals surface area (Å²) in [7, 11) is 3.56. The molecule has 0 aromatic carbocycles. The van der Waals surface area contributed by atoms with Crippen molar-refractivity contribution in [3.63, 3.8) is 0 Å². The Balaban J connectivity index is 3.15. The van der Waals surface area contributed by atoms with E-state index >= 15 is 0 Å². The summed E-state index contributed by atoms with van der Waals surface area (Å²) in [5, 5.41) is 0. The van der Waals surface area contributed by atoms with Crippen molar-refractivity contribution in [2.24, 2.45) is 0 Å². The molecule has 0 aliphatic rings. The van der Waals surface area contributed by atoms with Gasteiger partial charge >= 0.3 is 0 Å². The number of anilines is 1. The van der Waals surface area contributed by atoms with Crippen LogP contribution in [0.15, 0.2) is 15.3 Å². The van der Waals surface area contributed by atoms with Gasteiger partial charge in [0.25, 0.3) is 11.6 Å². The Morgan fingerprint density at radius 2 is 2.25 bits per heavy atom. The van der Waals surface area contributed by atoms with Crippen molar-refractivity contribution in [2.45, 2.75) is 13.3 Å². The summed E-state index contributed by atoms with van der Waals surface area (Å²) < 4.78 is 5.28. The van der Waals surface area contributed by atoms with E-state index in [1.54, 1.807) is 19.0 Å². The first-order chi connectivity index (χ1) is 5.63. The number of hydrogen-bond donors (Lipinski definition) is 0. The van der Waals surface area contributed by atoms with Gasteiger partial charge in [0, 0.05) is 26.6 Å². The van der Waals surface area contributed by atoms with Crippen LogP contribution in [0.5, 0.6) is 0 Å². The highest BCUT2D eigenvalue weighted by atomic mass is 16.4. The maximum absolute atomic E-state index is 11.0. The van der Waals surface area contributed by atoms with Crippen LogP contribution in [0.3, 0.4) is 0 Å². The van der Waals surface area contributed by atoms with Gasteiger partial charge in [0.15, 0.2) is 0 Å². The monoisotopic (exact) mass is 168 g/mol. The highest BCUT2D eigenvalue weighted by molar-refractivity contribution is 5.21. The summed E-state index contributed by atoms with van der Waals surface area (Å²) in [5.74, 6) is 0.665. The molecule has 66 valence electrons. The Morgan fingerprint density at radius 1 is 1.58 bits per heavy atom. The predicted octanol–water partition coefficient (Wildman–Crippen LogP) is 0.663. The van der Waals surface area contributed by atoms with Gasteiger partial charge < -0.3 is 9.32 Å². The van der Waals surface area contributed by atoms with Crippen LogP contribution < -0.4 is 10.5 Å². The summed E-state index contributed by atoms with van der Waals surface area (Å²) in [6, 6.07) is 1.77. The summed E-state index contributed by atoms with van der Waals surface area (Å²) >= 11 is 0. The lowest BCUT2D eigenvalue weighted by molar-refractivity contribution is 0.479. The summed E-state index contributed by atoms with van der Waals surface area (Å²) in [5.41, 5.74) is -0.248. The van der Waals surface area contributed by atoms with Crippen LogP contribution in [0.4, 0.5) is 6.01 Å². The molecule has 0 radical (unpaired) electrons. The van der Waals surface area contributed by atoms with Gasteiger partial charge in [0.1, 0.15) is 5.76 Å². The Morgan fingerprint density at radius 3 is 2.75 bits per heavy atom. The van der Waals surface area contributed by atoms with Crippen LogP contribution in [0, 0.1) is 0 Å². The molecule has 0 amide bonds. The molecule has 0 aliphatic heterocycles. The van der Waals surface area contributed by atoms with Crippen LogP contribution >= 0.6 is 0 Å². The number of rotatable bonds is 2. The molecule has 0 saturated heterocycles. The quantitative estimate of drug-likeness (QED) is 0.651. The average Bonchev–Trinajstić information content (AvgIpc) is 2.03. The molecule has 0 fully saturated rings. The molecule has 0 unspecified atom stereocenters. The second-order valence-electron chi connectivity index (χ2n) is 2.69. The van der Waals surface area contributed by atoms with E-state index in [2.05, 4.69) is 4.98 Å². The Hall–Kier alpha value is -1.32. The summed E-state index contributed by atoms with van der Waals surface area (Å²) in [4.78, 5) is 16.3. The Labute approximate surface area is 70.8 Å². The third-order valence-corrected chi connectivity index (χ3v) is 1.44. The van der Waals surface area contributed by atoms with Crippen LogP contribution in [-0.2, 0) is 6.42 Å². The van der Waals surface area contributed by atoms with Gasteiger partial charge in [0.05, 0.1) is 0 Å². The third kappa shape index (κ3) is 1.84. The summed E-state index contributed by atoms with van der Waals surface area (Å²) in [6.45, 7) is 1.93. The fourth-order valence-corrected chi connectivity index (χ4v) is 0.799. The lowest BCUT2D eigenvalue weighted by atomic mass is 10.3. The van der Waals surface area contributed by atoms with E-state index in [0.717, 1.165) is 0 Å². The van der Waals surface area contributed by atoms with E-state index in [1.165, 1.54) is 6.07 Å². The first-order valence-electron chi connectivity index (χ1n) is 3.82. The molecular weight excluding hydrogens is 156 g/mol. The van der Waals surface area contributed by atoms with E-state index in [4.69, 9.17) is 4.42 Å². The molecule has 1 heterocycles. The molecule has 0 N–H and O–H groups in total. The van der Waals surface area contributed by atoms with Crippen LogP contribution in [0.1, 0.15) is 12.7 Å². The van der Waals surface area contributed by atoms with Crippen molar-refractivity contribution < 1.29 is 4.42 Å².